The van der Waals surface area contributed by atoms with Crippen LogP contribution in [0, 0.1) is 5.92 Å². The molecule has 0 fully saturated rings. The Morgan fingerprint density at radius 2 is 2.05 bits per heavy atom. The highest BCUT2D eigenvalue weighted by Gasteiger charge is 2.24. The Hall–Kier alpha value is -0.980. The number of carbonyl (C=O) groups excluding carboxylic acids is 1. The lowest BCUT2D eigenvalue weighted by Crippen LogP contribution is -2.28. The summed E-state index contributed by atoms with van der Waals surface area (Å²) in [5.74, 6) is -0.275. The number of benzene rings is 1. The van der Waals surface area contributed by atoms with Gasteiger partial charge in [-0.25, -0.2) is 8.42 Å². The monoisotopic (exact) mass is 353 g/mol. The Morgan fingerprint density at radius 1 is 1.43 bits per heavy atom. The first kappa shape index (κ1) is 18.1. The molecule has 8 heteroatoms. The molecule has 0 radical (unpaired) electrons. The van der Waals surface area contributed by atoms with E-state index in [1.807, 2.05) is 13.8 Å². The van der Waals surface area contributed by atoms with Crippen molar-refractivity contribution in [1.82, 2.24) is 5.32 Å². The van der Waals surface area contributed by atoms with Crippen LogP contribution in [0.15, 0.2) is 17.0 Å². The van der Waals surface area contributed by atoms with E-state index in [9.17, 15) is 13.2 Å². The predicted molar refractivity (Wildman–Crippen MR) is 82.8 cm³/mol. The van der Waals surface area contributed by atoms with Crippen molar-refractivity contribution >= 4 is 37.2 Å². The molecule has 0 saturated carbocycles. The molecule has 0 spiro atoms. The molecule has 0 heterocycles. The van der Waals surface area contributed by atoms with Gasteiger partial charge in [-0.2, -0.15) is 0 Å². The van der Waals surface area contributed by atoms with Gasteiger partial charge in [0.1, 0.15) is 4.90 Å². The van der Waals surface area contributed by atoms with Gasteiger partial charge in [0.15, 0.2) is 5.75 Å². The second kappa shape index (κ2) is 7.33. The lowest BCUT2D eigenvalue weighted by atomic mass is 10.1. The minimum absolute atomic E-state index is 0.0347. The summed E-state index contributed by atoms with van der Waals surface area (Å²) in [4.78, 5) is 11.9. The molecule has 5 nitrogen and oxygen atoms in total. The van der Waals surface area contributed by atoms with Crippen molar-refractivity contribution < 1.29 is 17.9 Å². The van der Waals surface area contributed by atoms with Gasteiger partial charge in [0.05, 0.1) is 12.7 Å². The number of hydrogen-bond donors (Lipinski definition) is 1. The van der Waals surface area contributed by atoms with Crippen LogP contribution in [-0.4, -0.2) is 28.0 Å². The highest BCUT2D eigenvalue weighted by molar-refractivity contribution is 8.13. The standard InChI is InChI=1S/C13H17Cl2NO4S/c1-4-8(2)7-16-13(17)10-5-9(14)6-11(12(10)20-3)21(15,18)19/h5-6,8H,4,7H2,1-3H3,(H,16,17). The first-order valence-electron chi connectivity index (χ1n) is 6.31. The first-order valence-corrected chi connectivity index (χ1v) is 8.99. The lowest BCUT2D eigenvalue weighted by Gasteiger charge is -2.14. The van der Waals surface area contributed by atoms with Crippen molar-refractivity contribution in [1.29, 1.82) is 0 Å². The van der Waals surface area contributed by atoms with Crippen LogP contribution in [0.25, 0.3) is 0 Å². The number of rotatable bonds is 6. The molecule has 21 heavy (non-hydrogen) atoms. The van der Waals surface area contributed by atoms with Gasteiger partial charge >= 0.3 is 0 Å². The SMILES string of the molecule is CCC(C)CNC(=O)c1cc(Cl)cc(S(=O)(=O)Cl)c1OC. The minimum Gasteiger partial charge on any atom is -0.494 e. The van der Waals surface area contributed by atoms with E-state index in [4.69, 9.17) is 27.0 Å². The van der Waals surface area contributed by atoms with E-state index in [-0.39, 0.29) is 21.2 Å². The van der Waals surface area contributed by atoms with E-state index in [2.05, 4.69) is 5.32 Å². The van der Waals surface area contributed by atoms with Gasteiger partial charge in [-0.05, 0) is 18.1 Å². The van der Waals surface area contributed by atoms with Crippen molar-refractivity contribution in [2.24, 2.45) is 5.92 Å². The molecule has 0 saturated heterocycles. The summed E-state index contributed by atoms with van der Waals surface area (Å²) in [5, 5.41) is 2.80. The molecule has 1 rings (SSSR count). The third-order valence-electron chi connectivity index (χ3n) is 3.04. The number of halogens is 2. The zero-order valence-corrected chi connectivity index (χ0v) is 14.3. The molecular weight excluding hydrogens is 337 g/mol. The maximum absolute atomic E-state index is 12.2. The van der Waals surface area contributed by atoms with E-state index in [0.717, 1.165) is 12.5 Å². The third kappa shape index (κ3) is 4.76. The van der Waals surface area contributed by atoms with Gasteiger partial charge in [0, 0.05) is 22.2 Å². The Bertz CT molecular complexity index is 631. The number of carbonyl (C=O) groups is 1. The van der Waals surface area contributed by atoms with Crippen LogP contribution in [0.2, 0.25) is 5.02 Å². The largest absolute Gasteiger partial charge is 0.494 e. The normalized spacial score (nSPS) is 12.8. The second-order valence-corrected chi connectivity index (χ2v) is 7.62. The molecule has 0 aliphatic carbocycles. The number of ether oxygens (including phenoxy) is 1. The Balaban J connectivity index is 3.23. The molecule has 0 bridgehead atoms. The number of nitrogens with one attached hydrogen (secondary N) is 1. The van der Waals surface area contributed by atoms with E-state index in [1.165, 1.54) is 13.2 Å². The highest BCUT2D eigenvalue weighted by Crippen LogP contribution is 2.33. The van der Waals surface area contributed by atoms with E-state index in [0.29, 0.717) is 12.5 Å². The zero-order valence-electron chi connectivity index (χ0n) is 11.9. The molecule has 118 valence electrons. The predicted octanol–water partition coefficient (Wildman–Crippen LogP) is 3.05. The van der Waals surface area contributed by atoms with E-state index in [1.54, 1.807) is 0 Å². The van der Waals surface area contributed by atoms with Crippen LogP contribution in [0.3, 0.4) is 0 Å². The fourth-order valence-electron chi connectivity index (χ4n) is 1.64. The van der Waals surface area contributed by atoms with Crippen LogP contribution >= 0.6 is 22.3 Å². The topological polar surface area (TPSA) is 72.5 Å². The third-order valence-corrected chi connectivity index (χ3v) is 4.58. The van der Waals surface area contributed by atoms with Crippen LogP contribution in [0.5, 0.6) is 5.75 Å². The lowest BCUT2D eigenvalue weighted by molar-refractivity contribution is 0.0944. The van der Waals surface area contributed by atoms with Crippen molar-refractivity contribution in [2.75, 3.05) is 13.7 Å². The molecule has 0 aliphatic rings. The Labute approximate surface area is 134 Å². The molecule has 1 unspecified atom stereocenters. The Kier molecular flexibility index (Phi) is 6.31. The van der Waals surface area contributed by atoms with Gasteiger partial charge in [-0.15, -0.1) is 0 Å². The second-order valence-electron chi connectivity index (χ2n) is 4.65. The van der Waals surface area contributed by atoms with Crippen LogP contribution < -0.4 is 10.1 Å². The molecule has 0 aromatic heterocycles. The van der Waals surface area contributed by atoms with Gasteiger partial charge in [0.2, 0.25) is 0 Å². The fraction of sp³-hybridized carbons (Fsp3) is 0.462. The molecule has 1 N–H and O–H groups in total. The molecule has 1 atom stereocenters. The summed E-state index contributed by atoms with van der Waals surface area (Å²) >= 11 is 5.86. The van der Waals surface area contributed by atoms with Gasteiger partial charge in [-0.1, -0.05) is 31.9 Å². The Morgan fingerprint density at radius 3 is 2.52 bits per heavy atom. The van der Waals surface area contributed by atoms with Gasteiger partial charge in [-0.3, -0.25) is 4.79 Å². The summed E-state index contributed by atoms with van der Waals surface area (Å²) in [6.07, 6.45) is 0.911. The molecular formula is C13H17Cl2NO4S. The van der Waals surface area contributed by atoms with Crippen LogP contribution in [0.1, 0.15) is 30.6 Å². The molecule has 1 amide bonds. The summed E-state index contributed by atoms with van der Waals surface area (Å²) in [6.45, 7) is 4.47. The van der Waals surface area contributed by atoms with E-state index < -0.39 is 15.0 Å². The molecule has 0 aliphatic heterocycles. The van der Waals surface area contributed by atoms with Crippen molar-refractivity contribution in [2.45, 2.75) is 25.2 Å². The average molecular weight is 354 g/mol. The van der Waals surface area contributed by atoms with Crippen molar-refractivity contribution in [3.05, 3.63) is 22.7 Å². The summed E-state index contributed by atoms with van der Waals surface area (Å²) in [5.41, 5.74) is 0.0347. The minimum atomic E-state index is -4.08. The summed E-state index contributed by atoms with van der Waals surface area (Å²) in [7, 11) is 2.53. The number of methoxy groups -OCH3 is 1. The van der Waals surface area contributed by atoms with Crippen molar-refractivity contribution in [3.63, 3.8) is 0 Å². The number of amides is 1. The quantitative estimate of drug-likeness (QED) is 0.797. The van der Waals surface area contributed by atoms with E-state index >= 15 is 0 Å². The average Bonchev–Trinajstić information content (AvgIpc) is 2.42. The van der Waals surface area contributed by atoms with Crippen molar-refractivity contribution in [3.8, 4) is 5.75 Å². The highest BCUT2D eigenvalue weighted by atomic mass is 35.7. The molecule has 1 aromatic carbocycles. The summed E-state index contributed by atoms with van der Waals surface area (Å²) in [6, 6.07) is 2.49. The van der Waals surface area contributed by atoms with Gasteiger partial charge < -0.3 is 10.1 Å². The first-order chi connectivity index (χ1) is 9.70. The number of hydrogen-bond acceptors (Lipinski definition) is 4. The van der Waals surface area contributed by atoms with Gasteiger partial charge in [0.25, 0.3) is 15.0 Å². The summed E-state index contributed by atoms with van der Waals surface area (Å²) < 4.78 is 28.1. The smallest absolute Gasteiger partial charge is 0.265 e. The van der Waals surface area contributed by atoms with Crippen LogP contribution in [-0.2, 0) is 9.05 Å². The zero-order chi connectivity index (χ0) is 16.2. The molecule has 1 aromatic rings. The fourth-order valence-corrected chi connectivity index (χ4v) is 2.94. The maximum Gasteiger partial charge on any atom is 0.265 e. The maximum atomic E-state index is 12.2. The van der Waals surface area contributed by atoms with Crippen LogP contribution in [0.4, 0.5) is 0 Å².